The molecule has 6 heterocycles. The van der Waals surface area contributed by atoms with Gasteiger partial charge in [0.1, 0.15) is 11.2 Å². The van der Waals surface area contributed by atoms with E-state index in [1.807, 2.05) is 0 Å². The molecule has 0 N–H and O–H groups in total. The van der Waals surface area contributed by atoms with Gasteiger partial charge >= 0.3 is 0 Å². The Labute approximate surface area is 770 Å². The van der Waals surface area contributed by atoms with E-state index in [1.54, 1.807) is 0 Å². The Morgan fingerprint density at radius 2 is 0.736 bits per heavy atom. The predicted octanol–water partition coefficient (Wildman–Crippen LogP) is 29.2. The number of nitrogens with zero attached hydrogens (tertiary/aromatic N) is 4. The van der Waals surface area contributed by atoms with Crippen molar-refractivity contribution >= 4 is 137 Å². The van der Waals surface area contributed by atoms with Crippen LogP contribution >= 0.6 is 0 Å². The second-order valence-corrected chi connectivity index (χ2v) is 50.9. The molecular weight excluding hydrogens is 1560 g/mol. The fraction of sp³-hybridized carbons (Fsp3) is 0.421. The van der Waals surface area contributed by atoms with Crippen LogP contribution in [0.4, 0.5) is 68.6 Å². The predicted molar refractivity (Wildman–Crippen MR) is 550 cm³/mol. The van der Waals surface area contributed by atoms with Gasteiger partial charge in [0.2, 0.25) is 11.8 Å². The maximum absolute atomic E-state index is 8.05. The average molecular weight is 1700 g/mol. The second kappa shape index (κ2) is 26.4. The lowest BCUT2D eigenvalue weighted by atomic mass is 9.33. The van der Waals surface area contributed by atoms with Gasteiger partial charge in [-0.05, 0) is 362 Å². The summed E-state index contributed by atoms with van der Waals surface area (Å²) in [6.45, 7) is 66.0. The third kappa shape index (κ3) is 11.9. The highest BCUT2D eigenvalue weighted by Crippen LogP contribution is 2.68. The molecule has 11 aromatic carbocycles. The van der Waals surface area contributed by atoms with Gasteiger partial charge in [-0.15, -0.1) is 0 Å². The Kier molecular flexibility index (Phi) is 17.0. The minimum atomic E-state index is -0.341. The summed E-state index contributed by atoms with van der Waals surface area (Å²) < 4.78 is 16.1. The lowest BCUT2D eigenvalue weighted by Gasteiger charge is -2.45. The molecule has 4 aliphatic heterocycles. The minimum absolute atomic E-state index is 0.0261. The maximum Gasteiger partial charge on any atom is 0.257 e. The van der Waals surface area contributed by atoms with Crippen LogP contribution in [-0.2, 0) is 70.4 Å². The average Bonchev–Trinajstić information content (AvgIpc) is 1.58. The summed E-state index contributed by atoms with van der Waals surface area (Å²) in [5.74, 6) is 2.25. The molecule has 5 atom stereocenters. The molecular formula is C121H134B2N4O2. The van der Waals surface area contributed by atoms with Crippen LogP contribution in [-0.4, -0.2) is 13.4 Å². The molecule has 656 valence electrons. The molecule has 0 radical (unpaired) electrons. The fourth-order valence-corrected chi connectivity index (χ4v) is 27.6. The molecule has 6 aliphatic carbocycles. The van der Waals surface area contributed by atoms with Gasteiger partial charge in [0, 0.05) is 78.4 Å². The van der Waals surface area contributed by atoms with Gasteiger partial charge in [0.25, 0.3) is 13.4 Å². The van der Waals surface area contributed by atoms with Gasteiger partial charge in [-0.25, -0.2) is 0 Å². The van der Waals surface area contributed by atoms with Crippen LogP contribution < -0.4 is 52.4 Å². The first-order valence-corrected chi connectivity index (χ1v) is 49.1. The molecule has 8 heteroatoms. The zero-order valence-corrected chi connectivity index (χ0v) is 82.4. The molecule has 6 nitrogen and oxygen atoms in total. The van der Waals surface area contributed by atoms with E-state index in [-0.39, 0.29) is 83.8 Å². The Morgan fingerprint density at radius 1 is 0.326 bits per heavy atom. The zero-order valence-electron chi connectivity index (χ0n) is 82.4. The second-order valence-electron chi connectivity index (χ2n) is 50.9. The number of hydrogen-bond donors (Lipinski definition) is 0. The smallest absolute Gasteiger partial charge is 0.257 e. The number of fused-ring (bicyclic) bond motifs is 24. The minimum Gasteiger partial charge on any atom is -0.440 e. The van der Waals surface area contributed by atoms with Gasteiger partial charge in [0.05, 0.1) is 5.69 Å². The molecule has 129 heavy (non-hydrogen) atoms. The number of anilines is 12. The Hall–Kier alpha value is -10.2. The zero-order chi connectivity index (χ0) is 90.6. The van der Waals surface area contributed by atoms with Crippen LogP contribution in [0.3, 0.4) is 0 Å². The first-order chi connectivity index (χ1) is 60.5. The van der Waals surface area contributed by atoms with Crippen molar-refractivity contribution < 1.29 is 8.83 Å². The summed E-state index contributed by atoms with van der Waals surface area (Å²) in [5.41, 5.74) is 43.4. The molecule has 23 rings (SSSR count). The normalized spacial score (nSPS) is 23.1. The fourth-order valence-electron chi connectivity index (χ4n) is 27.6. The Bertz CT molecular complexity index is 7030. The molecule has 2 aromatic heterocycles. The van der Waals surface area contributed by atoms with Crippen molar-refractivity contribution in [3.05, 3.63) is 272 Å². The molecule has 10 aliphatic rings. The molecule has 0 saturated heterocycles. The number of hydrogen-bond acceptors (Lipinski definition) is 6. The van der Waals surface area contributed by atoms with E-state index < -0.39 is 0 Å². The topological polar surface area (TPSA) is 39.2 Å². The van der Waals surface area contributed by atoms with Gasteiger partial charge in [-0.1, -0.05) is 265 Å². The van der Waals surface area contributed by atoms with E-state index >= 15 is 0 Å². The van der Waals surface area contributed by atoms with Crippen LogP contribution in [0.25, 0.3) is 33.1 Å². The molecule has 2 saturated carbocycles. The number of rotatable bonds is 8. The van der Waals surface area contributed by atoms with Crippen LogP contribution in [0.1, 0.15) is 322 Å². The summed E-state index contributed by atoms with van der Waals surface area (Å²) >= 11 is 0. The van der Waals surface area contributed by atoms with Crippen molar-refractivity contribution in [2.45, 2.75) is 322 Å². The highest BCUT2D eigenvalue weighted by atomic mass is 16.4. The molecule has 0 amide bonds. The van der Waals surface area contributed by atoms with Crippen molar-refractivity contribution in [3.63, 3.8) is 0 Å². The largest absolute Gasteiger partial charge is 0.440 e. The molecule has 0 spiro atoms. The molecule has 4 bridgehead atoms. The van der Waals surface area contributed by atoms with E-state index in [9.17, 15) is 0 Å². The van der Waals surface area contributed by atoms with E-state index in [1.165, 1.54) is 203 Å². The van der Waals surface area contributed by atoms with Crippen molar-refractivity contribution in [2.24, 2.45) is 5.92 Å². The number of aryl methyl sites for hydroxylation is 1. The quantitative estimate of drug-likeness (QED) is 0.141. The Morgan fingerprint density at radius 3 is 1.23 bits per heavy atom. The van der Waals surface area contributed by atoms with E-state index in [2.05, 4.69) is 401 Å². The number of benzene rings is 11. The van der Waals surface area contributed by atoms with Crippen LogP contribution in [0.5, 0.6) is 0 Å². The van der Waals surface area contributed by atoms with Crippen molar-refractivity contribution in [3.8, 4) is 11.1 Å². The molecule has 2 fully saturated rings. The van der Waals surface area contributed by atoms with E-state index in [4.69, 9.17) is 8.83 Å². The van der Waals surface area contributed by atoms with Crippen LogP contribution in [0.2, 0.25) is 0 Å². The molecule has 5 unspecified atom stereocenters. The highest BCUT2D eigenvalue weighted by molar-refractivity contribution is 7.02. The first-order valence-electron chi connectivity index (χ1n) is 49.1. The standard InChI is InChI=1S/C121H134B2N4O2/c1-70-53-97-105-98(54-70)127(94-44-35-73(110(5,6)7)55-81(94)71-31-29-28-30-32-71)96-46-37-75(112(11,12)13)57-93(96)123(105)104-83-63-91-90(65-102(83)129-107(104)125(97)79-40-42-84-86(60-79)115(18,19)49-47-113(84,14)15)120(26)67-77(121(91,27)69-120)66-117(22,23)76-58-99-106-100(59-76)126(80-41-43-85-87(61-80)116(20,21)50-48-114(85,16)17)108-103(82-62-88-89(64-101(82)128-108)119(25)52-51-118(88,24)68-119)122(106)92-56-74(111(8,9)10)36-45-95(92)124(99)78-38-33-72(34-39-78)109(2,3)4/h28-46,53-65,77H,47-52,66-69H2,1-27H3. The van der Waals surface area contributed by atoms with Crippen LogP contribution in [0.15, 0.2) is 203 Å². The SMILES string of the molecule is Cc1cc2c3c(c1)N(c1ccc4c(c1)C(C)(C)CCC4(C)C)c1oc4cc5c(cc4c1B3c1cc(C(C)(C)C)ccc1N2c1ccc(C(C)(C)C)cc1-c1ccccc1)C1(C)CC5(C)CC1CC(C)(C)c1cc2c3c(c1)N(c1ccc4c(c1)C(C)(C)CCC4(C)C)c1oc4cc5c(cc4c1B3c1cc(C(C)(C)C)ccc1N2c1ccc(C(C)(C)C)cc1)C1(C)CCC5(C)C1. The van der Waals surface area contributed by atoms with Gasteiger partial charge in [-0.3, -0.25) is 9.80 Å². The monoisotopic (exact) mass is 1700 g/mol. The van der Waals surface area contributed by atoms with Gasteiger partial charge in [0.15, 0.2) is 0 Å². The maximum atomic E-state index is 8.05. The van der Waals surface area contributed by atoms with Crippen molar-refractivity contribution in [2.75, 3.05) is 19.6 Å². The van der Waals surface area contributed by atoms with E-state index in [0.717, 1.165) is 73.6 Å². The number of furan rings is 2. The van der Waals surface area contributed by atoms with Crippen molar-refractivity contribution in [1.29, 1.82) is 0 Å². The lowest BCUT2D eigenvalue weighted by Crippen LogP contribution is -2.61. The van der Waals surface area contributed by atoms with Crippen LogP contribution in [0, 0.1) is 12.8 Å². The third-order valence-corrected chi connectivity index (χ3v) is 35.4. The van der Waals surface area contributed by atoms with Gasteiger partial charge < -0.3 is 18.6 Å². The lowest BCUT2D eigenvalue weighted by molar-refractivity contribution is 0.260. The summed E-state index contributed by atoms with van der Waals surface area (Å²) in [7, 11) is 0. The highest BCUT2D eigenvalue weighted by Gasteiger charge is 2.61. The first kappa shape index (κ1) is 83.2. The summed E-state index contributed by atoms with van der Waals surface area (Å²) in [5, 5.41) is 2.50. The molecule has 13 aromatic rings. The van der Waals surface area contributed by atoms with Gasteiger partial charge in [-0.2, -0.15) is 0 Å². The van der Waals surface area contributed by atoms with E-state index in [0.29, 0.717) is 5.92 Å². The van der Waals surface area contributed by atoms with Crippen molar-refractivity contribution in [1.82, 2.24) is 0 Å². The Balaban J connectivity index is 0.732. The summed E-state index contributed by atoms with van der Waals surface area (Å²) in [4.78, 5) is 10.6. The summed E-state index contributed by atoms with van der Waals surface area (Å²) in [6.07, 6.45) is 11.3. The summed E-state index contributed by atoms with van der Waals surface area (Å²) in [6, 6.07) is 79.4. The third-order valence-electron chi connectivity index (χ3n) is 35.4.